The fourth-order valence-electron chi connectivity index (χ4n) is 2.78. The normalized spacial score (nSPS) is 14.8. The topological polar surface area (TPSA) is 91.9 Å². The summed E-state index contributed by atoms with van der Waals surface area (Å²) in [5.74, 6) is -0.109. The highest BCUT2D eigenvalue weighted by molar-refractivity contribution is 7.71. The van der Waals surface area contributed by atoms with E-state index in [4.69, 9.17) is 21.8 Å². The lowest BCUT2D eigenvalue weighted by Gasteiger charge is -2.03. The van der Waals surface area contributed by atoms with Crippen LogP contribution in [0.2, 0.25) is 0 Å². The second-order valence-electron chi connectivity index (χ2n) is 5.84. The van der Waals surface area contributed by atoms with E-state index in [2.05, 4.69) is 10.3 Å². The molecule has 0 bridgehead atoms. The van der Waals surface area contributed by atoms with Crippen molar-refractivity contribution < 1.29 is 24.2 Å². The van der Waals surface area contributed by atoms with Gasteiger partial charge in [-0.25, -0.2) is 4.79 Å². The maximum absolute atomic E-state index is 12.2. The molecule has 0 radical (unpaired) electrons. The first-order chi connectivity index (χ1) is 13.6. The van der Waals surface area contributed by atoms with E-state index in [9.17, 15) is 9.90 Å². The summed E-state index contributed by atoms with van der Waals surface area (Å²) in [6.07, 6.45) is 1.44. The summed E-state index contributed by atoms with van der Waals surface area (Å²) in [5, 5.41) is 14.4. The van der Waals surface area contributed by atoms with Gasteiger partial charge < -0.3 is 14.8 Å². The molecule has 4 rings (SSSR count). The second kappa shape index (κ2) is 7.12. The fourth-order valence-corrected chi connectivity index (χ4v) is 3.08. The molecular formula is C19H15N4O4S+. The third-order valence-corrected chi connectivity index (χ3v) is 4.44. The summed E-state index contributed by atoms with van der Waals surface area (Å²) in [7, 11) is 1.57. The number of aromatic amines is 1. The van der Waals surface area contributed by atoms with Gasteiger partial charge in [0.25, 0.3) is 0 Å². The number of imidazole rings is 1. The lowest BCUT2D eigenvalue weighted by molar-refractivity contribution is -0.462. The van der Waals surface area contributed by atoms with Gasteiger partial charge >= 0.3 is 11.7 Å². The van der Waals surface area contributed by atoms with Crippen molar-refractivity contribution in [3.05, 3.63) is 70.8 Å². The average Bonchev–Trinajstić information content (AvgIpc) is 3.22. The summed E-state index contributed by atoms with van der Waals surface area (Å²) in [6, 6.07) is 16.1. The Hall–Kier alpha value is -3.72. The number of nitrogens with one attached hydrogen (secondary N) is 1. The molecule has 2 N–H and O–H groups in total. The number of aromatic hydroxyl groups is 1. The molecule has 8 nitrogen and oxygen atoms in total. The minimum absolute atomic E-state index is 0.122. The summed E-state index contributed by atoms with van der Waals surface area (Å²) in [5.41, 5.74) is 1.67. The minimum Gasteiger partial charge on any atom is -0.497 e. The first-order valence-electron chi connectivity index (χ1n) is 8.26. The fraction of sp³-hybridized carbons (Fsp3) is 0.0526. The molecule has 3 aromatic rings. The van der Waals surface area contributed by atoms with Gasteiger partial charge in [-0.15, -0.1) is 0 Å². The SMILES string of the molecule is COc1ccc([N+]2=NOC(=O)/C2=C\c2[nH]c(=S)n(-c3ccccc3)c2O)cc1. The zero-order chi connectivity index (χ0) is 19.7. The molecule has 1 aliphatic heterocycles. The summed E-state index contributed by atoms with van der Waals surface area (Å²) in [4.78, 5) is 19.9. The number of H-pyrrole nitrogens is 1. The van der Waals surface area contributed by atoms with E-state index in [1.807, 2.05) is 30.3 Å². The van der Waals surface area contributed by atoms with Crippen LogP contribution in [0.15, 0.2) is 65.6 Å². The molecule has 1 aliphatic rings. The molecule has 28 heavy (non-hydrogen) atoms. The molecule has 0 atom stereocenters. The van der Waals surface area contributed by atoms with Gasteiger partial charge in [0, 0.05) is 12.1 Å². The molecule has 140 valence electrons. The molecule has 0 saturated carbocycles. The van der Waals surface area contributed by atoms with Crippen LogP contribution in [0.4, 0.5) is 5.69 Å². The Morgan fingerprint density at radius 3 is 2.61 bits per heavy atom. The smallest absolute Gasteiger partial charge is 0.437 e. The van der Waals surface area contributed by atoms with Crippen LogP contribution < -0.4 is 4.74 Å². The van der Waals surface area contributed by atoms with Crippen LogP contribution in [-0.4, -0.2) is 32.4 Å². The molecule has 0 amide bonds. The van der Waals surface area contributed by atoms with Gasteiger partial charge in [-0.05, 0) is 41.2 Å². The van der Waals surface area contributed by atoms with Gasteiger partial charge in [0.1, 0.15) is 11.4 Å². The first kappa shape index (κ1) is 17.7. The van der Waals surface area contributed by atoms with Gasteiger partial charge in [0.15, 0.2) is 4.77 Å². The Labute approximate surface area is 164 Å². The van der Waals surface area contributed by atoms with E-state index in [1.54, 1.807) is 31.4 Å². The Kier molecular flexibility index (Phi) is 4.50. The molecule has 0 spiro atoms. The molecule has 2 aromatic carbocycles. The molecule has 0 saturated heterocycles. The van der Waals surface area contributed by atoms with E-state index in [0.29, 0.717) is 17.1 Å². The van der Waals surface area contributed by atoms with Crippen molar-refractivity contribution in [3.63, 3.8) is 0 Å². The Morgan fingerprint density at radius 1 is 1.21 bits per heavy atom. The number of aromatic nitrogens is 2. The van der Waals surface area contributed by atoms with Gasteiger partial charge in [-0.2, -0.15) is 0 Å². The molecule has 1 aromatic heterocycles. The first-order valence-corrected chi connectivity index (χ1v) is 8.67. The third kappa shape index (κ3) is 3.08. The van der Waals surface area contributed by atoms with Gasteiger partial charge in [0.05, 0.1) is 18.9 Å². The number of carbonyl (C=O) groups excluding carboxylic acids is 1. The van der Waals surface area contributed by atoms with Crippen molar-refractivity contribution in [2.75, 3.05) is 7.11 Å². The Balaban J connectivity index is 1.76. The maximum atomic E-state index is 12.2. The van der Waals surface area contributed by atoms with Gasteiger partial charge in [0.2, 0.25) is 16.8 Å². The van der Waals surface area contributed by atoms with E-state index in [0.717, 1.165) is 0 Å². The quantitative estimate of drug-likeness (QED) is 0.398. The van der Waals surface area contributed by atoms with Crippen molar-refractivity contribution in [1.82, 2.24) is 9.55 Å². The van der Waals surface area contributed by atoms with Crippen LogP contribution in [0.3, 0.4) is 0 Å². The van der Waals surface area contributed by atoms with E-state index < -0.39 is 5.97 Å². The molecule has 0 unspecified atom stereocenters. The zero-order valence-electron chi connectivity index (χ0n) is 14.7. The molecular weight excluding hydrogens is 380 g/mol. The zero-order valence-corrected chi connectivity index (χ0v) is 15.5. The molecule has 9 heteroatoms. The van der Waals surface area contributed by atoms with Crippen molar-refractivity contribution in [1.29, 1.82) is 0 Å². The number of para-hydroxylation sites is 1. The standard InChI is InChI=1S/C19H14N4O4S/c1-26-14-9-7-13(8-10-14)23-16(18(25)27-21-23)11-15-17(24)22(19(28)20-15)12-5-3-2-4-6-12/h2-11,21H,1H3/p+1/b16-11+. The van der Waals surface area contributed by atoms with E-state index >= 15 is 0 Å². The molecule has 2 heterocycles. The van der Waals surface area contributed by atoms with Crippen LogP contribution in [0.1, 0.15) is 5.69 Å². The van der Waals surface area contributed by atoms with Crippen molar-refractivity contribution >= 4 is 30.0 Å². The Morgan fingerprint density at radius 2 is 1.93 bits per heavy atom. The van der Waals surface area contributed by atoms with Crippen molar-refractivity contribution in [3.8, 4) is 17.3 Å². The number of carbonyl (C=O) groups is 1. The van der Waals surface area contributed by atoms with Gasteiger partial charge in [-0.1, -0.05) is 18.2 Å². The minimum atomic E-state index is -0.651. The van der Waals surface area contributed by atoms with Crippen LogP contribution in [0.25, 0.3) is 11.8 Å². The largest absolute Gasteiger partial charge is 0.497 e. The van der Waals surface area contributed by atoms with Crippen LogP contribution in [-0.2, 0) is 9.63 Å². The van der Waals surface area contributed by atoms with Crippen LogP contribution in [0, 0.1) is 4.77 Å². The second-order valence-corrected chi connectivity index (χ2v) is 6.22. The number of methoxy groups -OCH3 is 1. The van der Waals surface area contributed by atoms with Crippen molar-refractivity contribution in [2.45, 2.75) is 0 Å². The monoisotopic (exact) mass is 395 g/mol. The number of hydrogen-bond acceptors (Lipinski definition) is 6. The number of benzene rings is 2. The highest BCUT2D eigenvalue weighted by Crippen LogP contribution is 2.29. The lowest BCUT2D eigenvalue weighted by atomic mass is 10.2. The van der Waals surface area contributed by atoms with Crippen LogP contribution in [0.5, 0.6) is 11.6 Å². The Bertz CT molecular complexity index is 1160. The predicted octanol–water partition coefficient (Wildman–Crippen LogP) is 3.86. The summed E-state index contributed by atoms with van der Waals surface area (Å²) < 4.78 is 8.22. The average molecular weight is 395 g/mol. The number of ether oxygens (including phenoxy) is 1. The van der Waals surface area contributed by atoms with E-state index in [1.165, 1.54) is 15.3 Å². The maximum Gasteiger partial charge on any atom is 0.437 e. The number of rotatable bonds is 4. The predicted molar refractivity (Wildman–Crippen MR) is 102 cm³/mol. The third-order valence-electron chi connectivity index (χ3n) is 4.15. The number of nitrogens with zero attached hydrogens (tertiary/aromatic N) is 3. The van der Waals surface area contributed by atoms with Gasteiger partial charge in [-0.3, -0.25) is 9.40 Å². The lowest BCUT2D eigenvalue weighted by Crippen LogP contribution is -2.05. The highest BCUT2D eigenvalue weighted by atomic mass is 32.1. The molecule has 0 fully saturated rings. The van der Waals surface area contributed by atoms with Crippen molar-refractivity contribution in [2.24, 2.45) is 5.28 Å². The number of hydrogen-bond donors (Lipinski definition) is 2. The summed E-state index contributed by atoms with van der Waals surface area (Å²) >= 11 is 5.31. The highest BCUT2D eigenvalue weighted by Gasteiger charge is 2.37. The van der Waals surface area contributed by atoms with Crippen LogP contribution >= 0.6 is 12.2 Å². The van der Waals surface area contributed by atoms with E-state index in [-0.39, 0.29) is 22.0 Å². The summed E-state index contributed by atoms with van der Waals surface area (Å²) in [6.45, 7) is 0. The molecule has 0 aliphatic carbocycles.